The van der Waals surface area contributed by atoms with Gasteiger partial charge in [-0.1, -0.05) is 0 Å². The summed E-state index contributed by atoms with van der Waals surface area (Å²) in [5, 5.41) is 0. The Labute approximate surface area is 114 Å². The van der Waals surface area contributed by atoms with Gasteiger partial charge in [0.05, 0.1) is 9.26 Å². The van der Waals surface area contributed by atoms with Crippen molar-refractivity contribution in [3.05, 3.63) is 42.4 Å². The van der Waals surface area contributed by atoms with E-state index in [1.165, 1.54) is 0 Å². The van der Waals surface area contributed by atoms with Crippen LogP contribution in [0.15, 0.2) is 27.6 Å². The lowest BCUT2D eigenvalue weighted by Gasteiger charge is -2.02. The third-order valence-corrected chi connectivity index (χ3v) is 3.74. The van der Waals surface area contributed by atoms with Crippen molar-refractivity contribution < 1.29 is 0 Å². The van der Waals surface area contributed by atoms with Crippen molar-refractivity contribution in [2.75, 3.05) is 0 Å². The van der Waals surface area contributed by atoms with E-state index < -0.39 is 0 Å². The number of aromatic nitrogens is 3. The van der Waals surface area contributed by atoms with Crippen LogP contribution in [0.2, 0.25) is 0 Å². The number of aromatic amines is 1. The fourth-order valence-electron chi connectivity index (χ4n) is 1.21. The van der Waals surface area contributed by atoms with Crippen LogP contribution in [0.1, 0.15) is 5.69 Å². The summed E-state index contributed by atoms with van der Waals surface area (Å²) in [6, 6.07) is 3.66. The third kappa shape index (κ3) is 2.32. The number of hydrogen-bond donors (Lipinski definition) is 1. The van der Waals surface area contributed by atoms with Crippen LogP contribution in [-0.2, 0) is 0 Å². The zero-order chi connectivity index (χ0) is 11.7. The highest BCUT2D eigenvalue weighted by Crippen LogP contribution is 2.15. The van der Waals surface area contributed by atoms with Gasteiger partial charge in [-0.05, 0) is 57.6 Å². The Morgan fingerprint density at radius 2 is 2.19 bits per heavy atom. The molecular formula is C10H7BrIN3O. The Bertz CT molecular complexity index is 580. The number of H-pyrrole nitrogens is 1. The van der Waals surface area contributed by atoms with Crippen LogP contribution in [0, 0.1) is 10.5 Å². The molecule has 0 fully saturated rings. The van der Waals surface area contributed by atoms with Crippen molar-refractivity contribution in [3.8, 4) is 11.5 Å². The number of halogens is 2. The zero-order valence-corrected chi connectivity index (χ0v) is 12.0. The minimum absolute atomic E-state index is 0.132. The minimum atomic E-state index is -0.132. The summed E-state index contributed by atoms with van der Waals surface area (Å²) in [4.78, 5) is 22.7. The lowest BCUT2D eigenvalue weighted by atomic mass is 10.3. The van der Waals surface area contributed by atoms with Crippen molar-refractivity contribution in [1.82, 2.24) is 15.0 Å². The summed E-state index contributed by atoms with van der Waals surface area (Å²) >= 11 is 5.28. The topological polar surface area (TPSA) is 58.6 Å². The highest BCUT2D eigenvalue weighted by atomic mass is 127. The van der Waals surface area contributed by atoms with Crippen LogP contribution >= 0.6 is 38.5 Å². The van der Waals surface area contributed by atoms with E-state index in [0.29, 0.717) is 20.8 Å². The van der Waals surface area contributed by atoms with E-state index in [4.69, 9.17) is 0 Å². The van der Waals surface area contributed by atoms with Crippen LogP contribution in [0.3, 0.4) is 0 Å². The monoisotopic (exact) mass is 391 g/mol. The highest BCUT2D eigenvalue weighted by Gasteiger charge is 2.07. The second kappa shape index (κ2) is 4.62. The maximum atomic E-state index is 11.6. The predicted octanol–water partition coefficient (Wildman–Crippen LogP) is 2.51. The van der Waals surface area contributed by atoms with Gasteiger partial charge in [0, 0.05) is 10.7 Å². The Morgan fingerprint density at radius 3 is 2.75 bits per heavy atom. The quantitative estimate of drug-likeness (QED) is 0.760. The molecule has 0 unspecified atom stereocenters. The van der Waals surface area contributed by atoms with E-state index in [1.807, 2.05) is 28.7 Å². The summed E-state index contributed by atoms with van der Waals surface area (Å²) in [7, 11) is 0. The van der Waals surface area contributed by atoms with E-state index in [2.05, 4.69) is 30.9 Å². The average Bonchev–Trinajstić information content (AvgIpc) is 2.26. The Kier molecular flexibility index (Phi) is 3.38. The van der Waals surface area contributed by atoms with Crippen LogP contribution in [0.25, 0.3) is 11.5 Å². The smallest absolute Gasteiger partial charge is 0.264 e. The standard InChI is InChI=1S/C10H7BrIN3O/c1-5-8(12)10(16)15-9(14-5)7-3-2-6(11)4-13-7/h2-4H,1H3,(H,14,15,16). The fourth-order valence-corrected chi connectivity index (χ4v) is 1.70. The first kappa shape index (κ1) is 11.7. The van der Waals surface area contributed by atoms with Gasteiger partial charge in [0.25, 0.3) is 5.56 Å². The van der Waals surface area contributed by atoms with Gasteiger partial charge in [-0.25, -0.2) is 4.98 Å². The van der Waals surface area contributed by atoms with Crippen molar-refractivity contribution in [2.24, 2.45) is 0 Å². The maximum Gasteiger partial charge on any atom is 0.264 e. The number of aryl methyl sites for hydroxylation is 1. The first-order chi connectivity index (χ1) is 7.58. The molecule has 0 aliphatic heterocycles. The second-order valence-electron chi connectivity index (χ2n) is 3.18. The van der Waals surface area contributed by atoms with E-state index in [9.17, 15) is 4.79 Å². The summed E-state index contributed by atoms with van der Waals surface area (Å²) in [6.45, 7) is 1.80. The molecule has 4 nitrogen and oxygen atoms in total. The van der Waals surface area contributed by atoms with Crippen LogP contribution in [-0.4, -0.2) is 15.0 Å². The number of pyridine rings is 1. The van der Waals surface area contributed by atoms with Gasteiger partial charge < -0.3 is 4.98 Å². The van der Waals surface area contributed by atoms with Crippen molar-refractivity contribution in [1.29, 1.82) is 0 Å². The normalized spacial score (nSPS) is 10.4. The van der Waals surface area contributed by atoms with E-state index in [1.54, 1.807) is 19.2 Å². The molecule has 16 heavy (non-hydrogen) atoms. The van der Waals surface area contributed by atoms with E-state index in [0.717, 1.165) is 4.47 Å². The Hall–Kier alpha value is -0.760. The largest absolute Gasteiger partial charge is 0.304 e. The number of nitrogens with zero attached hydrogens (tertiary/aromatic N) is 2. The molecule has 0 spiro atoms. The number of rotatable bonds is 1. The molecule has 0 saturated heterocycles. The van der Waals surface area contributed by atoms with Gasteiger partial charge in [0.1, 0.15) is 5.69 Å². The number of nitrogens with one attached hydrogen (secondary N) is 1. The molecule has 0 atom stereocenters. The fraction of sp³-hybridized carbons (Fsp3) is 0.100. The molecule has 0 bridgehead atoms. The van der Waals surface area contributed by atoms with Crippen LogP contribution in [0.5, 0.6) is 0 Å². The number of hydrogen-bond acceptors (Lipinski definition) is 3. The van der Waals surface area contributed by atoms with Crippen LogP contribution < -0.4 is 5.56 Å². The molecule has 0 aliphatic carbocycles. The summed E-state index contributed by atoms with van der Waals surface area (Å²) in [6.07, 6.45) is 1.67. The van der Waals surface area contributed by atoms with Gasteiger partial charge in [-0.15, -0.1) is 0 Å². The van der Waals surface area contributed by atoms with Gasteiger partial charge in [-0.3, -0.25) is 9.78 Å². The molecule has 2 heterocycles. The summed E-state index contributed by atoms with van der Waals surface area (Å²) in [5.74, 6) is 0.496. The molecule has 2 rings (SSSR count). The Balaban J connectivity index is 2.57. The molecule has 0 aromatic carbocycles. The molecule has 0 saturated carbocycles. The molecule has 1 N–H and O–H groups in total. The first-order valence-electron chi connectivity index (χ1n) is 4.46. The SMILES string of the molecule is Cc1nc(-c2ccc(Br)cn2)[nH]c(=O)c1I. The predicted molar refractivity (Wildman–Crippen MR) is 73.2 cm³/mol. The Morgan fingerprint density at radius 1 is 1.44 bits per heavy atom. The van der Waals surface area contributed by atoms with Gasteiger partial charge in [0.2, 0.25) is 0 Å². The molecule has 0 amide bonds. The van der Waals surface area contributed by atoms with E-state index >= 15 is 0 Å². The summed E-state index contributed by atoms with van der Waals surface area (Å²) < 4.78 is 1.50. The van der Waals surface area contributed by atoms with Crippen molar-refractivity contribution in [3.63, 3.8) is 0 Å². The van der Waals surface area contributed by atoms with Gasteiger partial charge in [-0.2, -0.15) is 0 Å². The molecule has 6 heteroatoms. The van der Waals surface area contributed by atoms with Gasteiger partial charge >= 0.3 is 0 Å². The molecule has 82 valence electrons. The molecular weight excluding hydrogens is 385 g/mol. The van der Waals surface area contributed by atoms with Crippen molar-refractivity contribution in [2.45, 2.75) is 6.92 Å². The van der Waals surface area contributed by atoms with E-state index in [-0.39, 0.29) is 5.56 Å². The molecule has 0 aliphatic rings. The molecule has 2 aromatic heterocycles. The lowest BCUT2D eigenvalue weighted by Crippen LogP contribution is -2.14. The first-order valence-corrected chi connectivity index (χ1v) is 6.33. The summed E-state index contributed by atoms with van der Waals surface area (Å²) in [5.41, 5.74) is 1.23. The zero-order valence-electron chi connectivity index (χ0n) is 8.29. The highest BCUT2D eigenvalue weighted by molar-refractivity contribution is 14.1. The third-order valence-electron chi connectivity index (χ3n) is 2.00. The van der Waals surface area contributed by atoms with Crippen LogP contribution in [0.4, 0.5) is 0 Å². The van der Waals surface area contributed by atoms with Gasteiger partial charge in [0.15, 0.2) is 5.82 Å². The van der Waals surface area contributed by atoms with Crippen molar-refractivity contribution >= 4 is 38.5 Å². The lowest BCUT2D eigenvalue weighted by molar-refractivity contribution is 1.04. The molecule has 2 aromatic rings. The average molecular weight is 392 g/mol. The maximum absolute atomic E-state index is 11.6. The second-order valence-corrected chi connectivity index (χ2v) is 5.17. The minimum Gasteiger partial charge on any atom is -0.304 e. The molecule has 0 radical (unpaired) electrons.